The number of anilines is 1. The summed E-state index contributed by atoms with van der Waals surface area (Å²) in [7, 11) is 0. The lowest BCUT2D eigenvalue weighted by Crippen LogP contribution is -2.20. The molecule has 33 heavy (non-hydrogen) atoms. The molecule has 2 aromatic heterocycles. The van der Waals surface area contributed by atoms with E-state index in [-0.39, 0.29) is 18.3 Å². The van der Waals surface area contributed by atoms with Crippen LogP contribution in [-0.4, -0.2) is 39.0 Å². The molecule has 0 unspecified atom stereocenters. The second-order valence-corrected chi connectivity index (χ2v) is 8.17. The van der Waals surface area contributed by atoms with E-state index >= 15 is 0 Å². The second-order valence-electron chi connectivity index (χ2n) is 8.17. The fourth-order valence-corrected chi connectivity index (χ4v) is 4.13. The quantitative estimate of drug-likeness (QED) is 0.548. The molecule has 0 spiro atoms. The molecule has 1 amide bonds. The molecule has 10 heteroatoms. The number of rotatable bonds is 6. The van der Waals surface area contributed by atoms with E-state index < -0.39 is 17.8 Å². The highest BCUT2D eigenvalue weighted by atomic mass is 19.4. The Morgan fingerprint density at radius 2 is 2.00 bits per heavy atom. The fourth-order valence-electron chi connectivity index (χ4n) is 4.13. The molecule has 1 aliphatic carbocycles. The van der Waals surface area contributed by atoms with E-state index in [2.05, 4.69) is 15.4 Å². The molecule has 3 aromatic rings. The zero-order valence-electron chi connectivity index (χ0n) is 18.1. The standard InChI is InChI=1S/C23H25F3N4O3/c1-2-33-20-11-18-15(12-30(29-18)16-8-6-14(13-31)7-9-16)10-19(20)28-22(32)17-4-3-5-21(27-17)23(24,25)26/h3-5,10-12,14,16,31H,2,6-9,13H2,1H3,(H,28,32). The van der Waals surface area contributed by atoms with Crippen molar-refractivity contribution in [3.63, 3.8) is 0 Å². The minimum absolute atomic E-state index is 0.204. The lowest BCUT2D eigenvalue weighted by Gasteiger charge is -2.27. The monoisotopic (exact) mass is 462 g/mol. The number of benzene rings is 1. The first kappa shape index (κ1) is 23.0. The van der Waals surface area contributed by atoms with Gasteiger partial charge >= 0.3 is 6.18 Å². The molecule has 1 aromatic carbocycles. The number of aliphatic hydroxyl groups is 1. The molecule has 1 aliphatic rings. The topological polar surface area (TPSA) is 89.3 Å². The van der Waals surface area contributed by atoms with Crippen molar-refractivity contribution in [2.75, 3.05) is 18.5 Å². The second kappa shape index (κ2) is 9.38. The zero-order chi connectivity index (χ0) is 23.6. The van der Waals surface area contributed by atoms with Crippen molar-refractivity contribution in [2.24, 2.45) is 5.92 Å². The van der Waals surface area contributed by atoms with Gasteiger partial charge in [-0.3, -0.25) is 9.48 Å². The summed E-state index contributed by atoms with van der Waals surface area (Å²) in [5.74, 6) is -0.0576. The van der Waals surface area contributed by atoms with Crippen LogP contribution in [0.5, 0.6) is 5.75 Å². The smallest absolute Gasteiger partial charge is 0.433 e. The molecule has 0 saturated heterocycles. The number of pyridine rings is 1. The Morgan fingerprint density at radius 3 is 2.67 bits per heavy atom. The van der Waals surface area contributed by atoms with E-state index in [1.165, 1.54) is 6.07 Å². The number of fused-ring (bicyclic) bond motifs is 1. The highest BCUT2D eigenvalue weighted by Crippen LogP contribution is 2.35. The summed E-state index contributed by atoms with van der Waals surface area (Å²) in [6, 6.07) is 6.83. The predicted molar refractivity (Wildman–Crippen MR) is 116 cm³/mol. The van der Waals surface area contributed by atoms with E-state index in [4.69, 9.17) is 4.74 Å². The number of amides is 1. The summed E-state index contributed by atoms with van der Waals surface area (Å²) in [5.41, 5.74) is -0.452. The van der Waals surface area contributed by atoms with Crippen LogP contribution < -0.4 is 10.1 Å². The van der Waals surface area contributed by atoms with Crippen LogP contribution in [0.15, 0.2) is 36.5 Å². The van der Waals surface area contributed by atoms with Crippen LogP contribution in [0.1, 0.15) is 54.8 Å². The Bertz CT molecular complexity index is 1140. The van der Waals surface area contributed by atoms with E-state index in [0.29, 0.717) is 29.5 Å². The van der Waals surface area contributed by atoms with E-state index in [1.807, 2.05) is 10.9 Å². The number of ether oxygens (including phenoxy) is 1. The van der Waals surface area contributed by atoms with Gasteiger partial charge in [0.25, 0.3) is 5.91 Å². The highest BCUT2D eigenvalue weighted by molar-refractivity contribution is 6.05. The van der Waals surface area contributed by atoms with Crippen LogP contribution in [0.4, 0.5) is 18.9 Å². The molecule has 0 aliphatic heterocycles. The third-order valence-electron chi connectivity index (χ3n) is 5.89. The molecule has 2 heterocycles. The molecule has 0 radical (unpaired) electrons. The third-order valence-corrected chi connectivity index (χ3v) is 5.89. The number of aromatic nitrogens is 3. The maximum Gasteiger partial charge on any atom is 0.433 e. The van der Waals surface area contributed by atoms with Gasteiger partial charge in [0.05, 0.1) is 23.9 Å². The van der Waals surface area contributed by atoms with Gasteiger partial charge in [0.2, 0.25) is 0 Å². The van der Waals surface area contributed by atoms with Crippen LogP contribution in [0, 0.1) is 5.92 Å². The van der Waals surface area contributed by atoms with Crippen molar-refractivity contribution < 1.29 is 27.8 Å². The number of hydrogen-bond acceptors (Lipinski definition) is 5. The molecule has 1 saturated carbocycles. The first-order valence-electron chi connectivity index (χ1n) is 10.9. The van der Waals surface area contributed by atoms with E-state index in [0.717, 1.165) is 43.2 Å². The first-order valence-corrected chi connectivity index (χ1v) is 10.9. The van der Waals surface area contributed by atoms with Crippen molar-refractivity contribution in [2.45, 2.75) is 44.8 Å². The molecule has 176 valence electrons. The van der Waals surface area contributed by atoms with Crippen molar-refractivity contribution in [3.8, 4) is 5.75 Å². The molecule has 0 atom stereocenters. The minimum Gasteiger partial charge on any atom is -0.492 e. The Balaban J connectivity index is 1.60. The van der Waals surface area contributed by atoms with Crippen molar-refractivity contribution in [1.29, 1.82) is 0 Å². The minimum atomic E-state index is -4.64. The summed E-state index contributed by atoms with van der Waals surface area (Å²) in [5, 5.41) is 17.4. The van der Waals surface area contributed by atoms with Gasteiger partial charge in [-0.25, -0.2) is 4.98 Å². The first-order chi connectivity index (χ1) is 15.8. The van der Waals surface area contributed by atoms with Gasteiger partial charge in [0.15, 0.2) is 0 Å². The van der Waals surface area contributed by atoms with Crippen LogP contribution in [-0.2, 0) is 6.18 Å². The summed E-state index contributed by atoms with van der Waals surface area (Å²) >= 11 is 0. The maximum atomic E-state index is 13.0. The lowest BCUT2D eigenvalue weighted by molar-refractivity contribution is -0.141. The molecule has 4 rings (SSSR count). The SMILES string of the molecule is CCOc1cc2nn(C3CCC(CO)CC3)cc2cc1NC(=O)c1cccc(C(F)(F)F)n1. The third kappa shape index (κ3) is 5.11. The van der Waals surface area contributed by atoms with Gasteiger partial charge in [0.1, 0.15) is 17.1 Å². The molecular weight excluding hydrogens is 437 g/mol. The van der Waals surface area contributed by atoms with Crippen LogP contribution >= 0.6 is 0 Å². The van der Waals surface area contributed by atoms with Gasteiger partial charge in [-0.2, -0.15) is 18.3 Å². The van der Waals surface area contributed by atoms with Crippen LogP contribution in [0.2, 0.25) is 0 Å². The van der Waals surface area contributed by atoms with Crippen LogP contribution in [0.3, 0.4) is 0 Å². The van der Waals surface area contributed by atoms with Crippen molar-refractivity contribution in [3.05, 3.63) is 47.9 Å². The summed E-state index contributed by atoms with van der Waals surface area (Å²) in [6.07, 6.45) is 0.966. The van der Waals surface area contributed by atoms with E-state index in [1.54, 1.807) is 19.1 Å². The Kier molecular flexibility index (Phi) is 6.55. The molecule has 1 fully saturated rings. The zero-order valence-corrected chi connectivity index (χ0v) is 18.1. The van der Waals surface area contributed by atoms with Gasteiger partial charge in [0, 0.05) is 24.3 Å². The number of aliphatic hydroxyl groups excluding tert-OH is 1. The largest absolute Gasteiger partial charge is 0.492 e. The number of halogens is 3. The lowest BCUT2D eigenvalue weighted by atomic mass is 9.87. The number of carbonyl (C=O) groups excluding carboxylic acids is 1. The average molecular weight is 462 g/mol. The normalized spacial score (nSPS) is 18.9. The Labute approximate surface area is 188 Å². The number of hydrogen-bond donors (Lipinski definition) is 2. The van der Waals surface area contributed by atoms with Gasteiger partial charge in [-0.1, -0.05) is 6.07 Å². The molecule has 2 N–H and O–H groups in total. The summed E-state index contributed by atoms with van der Waals surface area (Å²) in [4.78, 5) is 16.1. The molecular formula is C23H25F3N4O3. The Morgan fingerprint density at radius 1 is 1.24 bits per heavy atom. The predicted octanol–water partition coefficient (Wildman–Crippen LogP) is 4.82. The van der Waals surface area contributed by atoms with Gasteiger partial charge < -0.3 is 15.2 Å². The maximum absolute atomic E-state index is 13.0. The fraction of sp³-hybridized carbons (Fsp3) is 0.435. The number of carbonyl (C=O) groups is 1. The summed E-state index contributed by atoms with van der Waals surface area (Å²) < 4.78 is 46.4. The van der Waals surface area contributed by atoms with Gasteiger partial charge in [-0.05, 0) is 56.7 Å². The molecule has 0 bridgehead atoms. The average Bonchev–Trinajstić information content (AvgIpc) is 3.22. The number of alkyl halides is 3. The summed E-state index contributed by atoms with van der Waals surface area (Å²) in [6.45, 7) is 2.33. The van der Waals surface area contributed by atoms with Crippen LogP contribution in [0.25, 0.3) is 10.9 Å². The van der Waals surface area contributed by atoms with E-state index in [9.17, 15) is 23.1 Å². The van der Waals surface area contributed by atoms with Crippen molar-refractivity contribution in [1.82, 2.24) is 14.8 Å². The molecule has 7 nitrogen and oxygen atoms in total. The number of nitrogens with one attached hydrogen (secondary N) is 1. The highest BCUT2D eigenvalue weighted by Gasteiger charge is 2.33. The number of nitrogens with zero attached hydrogens (tertiary/aromatic N) is 3. The van der Waals surface area contributed by atoms with Crippen molar-refractivity contribution >= 4 is 22.5 Å². The Hall–Kier alpha value is -3.14. The van der Waals surface area contributed by atoms with Gasteiger partial charge in [-0.15, -0.1) is 0 Å².